The maximum Gasteiger partial charge on any atom is 0.244 e. The van der Waals surface area contributed by atoms with Crippen LogP contribution in [0, 0.1) is 0 Å². The van der Waals surface area contributed by atoms with Gasteiger partial charge in [0.25, 0.3) is 0 Å². The minimum absolute atomic E-state index is 0.0273. The van der Waals surface area contributed by atoms with Gasteiger partial charge in [0, 0.05) is 43.4 Å². The van der Waals surface area contributed by atoms with Crippen LogP contribution in [0.15, 0.2) is 65.4 Å². The van der Waals surface area contributed by atoms with E-state index in [9.17, 15) is 4.79 Å². The number of thiophene rings is 1. The molecular weight excluding hydrogens is 436 g/mol. The summed E-state index contributed by atoms with van der Waals surface area (Å²) in [5.74, 6) is 2.08. The third-order valence-electron chi connectivity index (χ3n) is 5.54. The van der Waals surface area contributed by atoms with Gasteiger partial charge in [-0.15, -0.1) is 0 Å². The number of nitrogens with zero attached hydrogens (tertiary/aromatic N) is 1. The molecule has 1 N–H and O–H groups in total. The highest BCUT2D eigenvalue weighted by molar-refractivity contribution is 7.07. The van der Waals surface area contributed by atoms with Gasteiger partial charge in [-0.2, -0.15) is 11.3 Å². The van der Waals surface area contributed by atoms with Gasteiger partial charge in [-0.05, 0) is 46.7 Å². The average Bonchev–Trinajstić information content (AvgIpc) is 3.31. The first-order valence-corrected chi connectivity index (χ1v) is 11.8. The molecule has 2 heterocycles. The topological polar surface area (TPSA) is 60.0 Å². The Morgan fingerprint density at radius 3 is 2.82 bits per heavy atom. The van der Waals surface area contributed by atoms with Crippen LogP contribution in [-0.4, -0.2) is 44.7 Å². The van der Waals surface area contributed by atoms with Gasteiger partial charge in [-0.1, -0.05) is 24.3 Å². The fourth-order valence-electron chi connectivity index (χ4n) is 3.81. The number of hydrogen-bond acceptors (Lipinski definition) is 6. The van der Waals surface area contributed by atoms with E-state index in [0.717, 1.165) is 36.5 Å². The lowest BCUT2D eigenvalue weighted by Crippen LogP contribution is -2.36. The molecule has 33 heavy (non-hydrogen) atoms. The van der Waals surface area contributed by atoms with Crippen LogP contribution in [0.2, 0.25) is 0 Å². The monoisotopic (exact) mass is 464 g/mol. The van der Waals surface area contributed by atoms with Crippen molar-refractivity contribution < 1.29 is 19.0 Å². The zero-order chi connectivity index (χ0) is 23.0. The Morgan fingerprint density at radius 2 is 2.03 bits per heavy atom. The number of fused-ring (bicyclic) bond motifs is 1. The maximum absolute atomic E-state index is 12.4. The lowest BCUT2D eigenvalue weighted by Gasteiger charge is -2.23. The van der Waals surface area contributed by atoms with Crippen LogP contribution in [0.5, 0.6) is 17.2 Å². The molecular formula is C26H28N2O4S. The summed E-state index contributed by atoms with van der Waals surface area (Å²) in [7, 11) is 3.19. The summed E-state index contributed by atoms with van der Waals surface area (Å²) >= 11 is 1.67. The summed E-state index contributed by atoms with van der Waals surface area (Å²) in [6.07, 6.45) is 3.27. The molecule has 3 aromatic rings. The molecule has 1 atom stereocenters. The number of carbonyl (C=O) groups excluding carboxylic acids is 1. The molecule has 1 aliphatic heterocycles. The second kappa shape index (κ2) is 11.0. The fraction of sp³-hybridized carbons (Fsp3) is 0.269. The fourth-order valence-corrected chi connectivity index (χ4v) is 4.51. The summed E-state index contributed by atoms with van der Waals surface area (Å²) < 4.78 is 16.9. The van der Waals surface area contributed by atoms with Gasteiger partial charge in [0.15, 0.2) is 11.5 Å². The van der Waals surface area contributed by atoms with Gasteiger partial charge in [0.05, 0.1) is 14.2 Å². The first kappa shape index (κ1) is 22.9. The largest absolute Gasteiger partial charge is 0.493 e. The van der Waals surface area contributed by atoms with Gasteiger partial charge in [-0.25, -0.2) is 0 Å². The van der Waals surface area contributed by atoms with E-state index in [-0.39, 0.29) is 12.0 Å². The summed E-state index contributed by atoms with van der Waals surface area (Å²) in [6.45, 7) is 2.83. The van der Waals surface area contributed by atoms with Crippen LogP contribution in [0.3, 0.4) is 0 Å². The molecule has 0 saturated heterocycles. The second-order valence-corrected chi connectivity index (χ2v) is 8.52. The predicted octanol–water partition coefficient (Wildman–Crippen LogP) is 4.53. The highest BCUT2D eigenvalue weighted by Crippen LogP contribution is 2.31. The molecule has 0 bridgehead atoms. The van der Waals surface area contributed by atoms with Crippen LogP contribution in [-0.2, 0) is 11.3 Å². The standard InChI is InChI=1S/C26H28N2O4S/c1-30-23-9-7-19(15-24(23)31-2)8-10-26(29)27-12-13-28-16-20-5-3-4-6-22(20)32-25(17-28)21-11-14-33-18-21/h3-11,14-15,18,25H,12-13,16-17H2,1-2H3,(H,27,29)/b10-8+/t25-/m0/s1. The maximum atomic E-state index is 12.4. The predicted molar refractivity (Wildman–Crippen MR) is 131 cm³/mol. The smallest absolute Gasteiger partial charge is 0.244 e. The third-order valence-corrected chi connectivity index (χ3v) is 6.24. The number of nitrogens with one attached hydrogen (secondary N) is 1. The summed E-state index contributed by atoms with van der Waals surface area (Å²) in [6, 6.07) is 15.8. The molecule has 4 rings (SSSR count). The van der Waals surface area contributed by atoms with Crippen LogP contribution in [0.1, 0.15) is 22.8 Å². The molecule has 1 amide bonds. The van der Waals surface area contributed by atoms with Gasteiger partial charge < -0.3 is 19.5 Å². The van der Waals surface area contributed by atoms with Crippen LogP contribution in [0.25, 0.3) is 6.08 Å². The van der Waals surface area contributed by atoms with E-state index in [1.54, 1.807) is 31.6 Å². The number of carbonyl (C=O) groups is 1. The quantitative estimate of drug-likeness (QED) is 0.497. The minimum Gasteiger partial charge on any atom is -0.493 e. The van der Waals surface area contributed by atoms with Crippen LogP contribution >= 0.6 is 11.3 Å². The molecule has 6 nitrogen and oxygen atoms in total. The average molecular weight is 465 g/mol. The minimum atomic E-state index is -0.134. The molecule has 2 aromatic carbocycles. The normalized spacial score (nSPS) is 16.0. The SMILES string of the molecule is COc1ccc(/C=C/C(=O)NCCN2Cc3ccccc3O[C@H](c3ccsc3)C2)cc1OC. The van der Waals surface area contributed by atoms with E-state index in [0.29, 0.717) is 18.0 Å². The molecule has 0 spiro atoms. The lowest BCUT2D eigenvalue weighted by atomic mass is 10.2. The van der Waals surface area contributed by atoms with Gasteiger partial charge in [-0.3, -0.25) is 9.69 Å². The molecule has 1 aromatic heterocycles. The number of rotatable bonds is 8. The van der Waals surface area contributed by atoms with E-state index in [1.165, 1.54) is 11.6 Å². The molecule has 0 radical (unpaired) electrons. The van der Waals surface area contributed by atoms with E-state index in [1.807, 2.05) is 36.4 Å². The van der Waals surface area contributed by atoms with Crippen molar-refractivity contribution in [2.75, 3.05) is 33.9 Å². The van der Waals surface area contributed by atoms with Crippen molar-refractivity contribution in [2.45, 2.75) is 12.6 Å². The zero-order valence-electron chi connectivity index (χ0n) is 18.8. The molecule has 0 saturated carbocycles. The Hall–Kier alpha value is -3.29. The first-order valence-electron chi connectivity index (χ1n) is 10.8. The number of ether oxygens (including phenoxy) is 3. The zero-order valence-corrected chi connectivity index (χ0v) is 19.6. The van der Waals surface area contributed by atoms with Gasteiger partial charge in [0.2, 0.25) is 5.91 Å². The second-order valence-electron chi connectivity index (χ2n) is 7.74. The van der Waals surface area contributed by atoms with Crippen molar-refractivity contribution in [2.24, 2.45) is 0 Å². The van der Waals surface area contributed by atoms with Gasteiger partial charge >= 0.3 is 0 Å². The van der Waals surface area contributed by atoms with Crippen molar-refractivity contribution in [3.63, 3.8) is 0 Å². The number of hydrogen-bond donors (Lipinski definition) is 1. The van der Waals surface area contributed by atoms with E-state index in [2.05, 4.69) is 33.1 Å². The van der Waals surface area contributed by atoms with Gasteiger partial charge in [0.1, 0.15) is 11.9 Å². The lowest BCUT2D eigenvalue weighted by molar-refractivity contribution is -0.116. The molecule has 0 unspecified atom stereocenters. The Balaban J connectivity index is 1.34. The van der Waals surface area contributed by atoms with Crippen molar-refractivity contribution in [3.05, 3.63) is 82.1 Å². The van der Waals surface area contributed by atoms with Crippen molar-refractivity contribution >= 4 is 23.3 Å². The van der Waals surface area contributed by atoms with Crippen molar-refractivity contribution in [3.8, 4) is 17.2 Å². The highest BCUT2D eigenvalue weighted by atomic mass is 32.1. The molecule has 0 aliphatic carbocycles. The number of methoxy groups -OCH3 is 2. The Labute approximate surface area is 198 Å². The molecule has 0 fully saturated rings. The van der Waals surface area contributed by atoms with Crippen LogP contribution < -0.4 is 19.5 Å². The number of amides is 1. The highest BCUT2D eigenvalue weighted by Gasteiger charge is 2.24. The van der Waals surface area contributed by atoms with Crippen LogP contribution in [0.4, 0.5) is 0 Å². The van der Waals surface area contributed by atoms with Crippen molar-refractivity contribution in [1.29, 1.82) is 0 Å². The Bertz CT molecular complexity index is 1100. The Morgan fingerprint density at radius 1 is 1.18 bits per heavy atom. The number of para-hydroxylation sites is 1. The van der Waals surface area contributed by atoms with E-state index >= 15 is 0 Å². The van der Waals surface area contributed by atoms with E-state index in [4.69, 9.17) is 14.2 Å². The summed E-state index contributed by atoms with van der Waals surface area (Å²) in [4.78, 5) is 14.7. The number of benzene rings is 2. The first-order chi connectivity index (χ1) is 16.2. The molecule has 7 heteroatoms. The van der Waals surface area contributed by atoms with E-state index < -0.39 is 0 Å². The molecule has 172 valence electrons. The molecule has 1 aliphatic rings. The van der Waals surface area contributed by atoms with Crippen molar-refractivity contribution in [1.82, 2.24) is 10.2 Å². The summed E-state index contributed by atoms with van der Waals surface area (Å²) in [5.41, 5.74) is 3.21. The third kappa shape index (κ3) is 5.94. The Kier molecular flexibility index (Phi) is 7.65. The summed E-state index contributed by atoms with van der Waals surface area (Å²) in [5, 5.41) is 7.19.